The first-order chi connectivity index (χ1) is 12.6. The summed E-state index contributed by atoms with van der Waals surface area (Å²) in [6.45, 7) is 0. The number of nitro benzene ring substituents is 1. The van der Waals surface area contributed by atoms with Crippen molar-refractivity contribution in [2.45, 2.75) is 6.42 Å². The molecule has 8 heteroatoms. The number of carbonyl (C=O) groups excluding carboxylic acids is 1. The number of non-ortho nitro benzene ring substituents is 1. The van der Waals surface area contributed by atoms with Gasteiger partial charge in [0.2, 0.25) is 11.0 Å². The van der Waals surface area contributed by atoms with Crippen LogP contribution in [0, 0.1) is 10.1 Å². The summed E-state index contributed by atoms with van der Waals surface area (Å²) < 4.78 is 0. The molecule has 0 saturated carbocycles. The van der Waals surface area contributed by atoms with Gasteiger partial charge in [-0.1, -0.05) is 53.8 Å². The van der Waals surface area contributed by atoms with E-state index in [1.165, 1.54) is 35.6 Å². The molecule has 0 aliphatic carbocycles. The molecule has 0 atom stereocenters. The standard InChI is InChI=1S/C18H14N4O3S/c23-16(10-9-14-7-4-8-15(11-14)22(24)25)19-18-21-20-17(26-18)12-13-5-2-1-3-6-13/h1-11H,12H2,(H,19,21,23)/b10-9+. The third-order valence-corrected chi connectivity index (χ3v) is 4.24. The molecular formula is C18H14N4O3S. The molecule has 26 heavy (non-hydrogen) atoms. The van der Waals surface area contributed by atoms with Gasteiger partial charge in [-0.05, 0) is 17.2 Å². The number of rotatable bonds is 6. The van der Waals surface area contributed by atoms with Crippen LogP contribution in [-0.4, -0.2) is 21.0 Å². The van der Waals surface area contributed by atoms with Crippen molar-refractivity contribution in [2.24, 2.45) is 0 Å². The Morgan fingerprint density at radius 3 is 2.73 bits per heavy atom. The Morgan fingerprint density at radius 1 is 1.15 bits per heavy atom. The van der Waals surface area contributed by atoms with Gasteiger partial charge < -0.3 is 0 Å². The molecule has 0 radical (unpaired) electrons. The Hall–Kier alpha value is -3.39. The first kappa shape index (κ1) is 17.4. The minimum absolute atomic E-state index is 0.0257. The van der Waals surface area contributed by atoms with Crippen LogP contribution in [0.3, 0.4) is 0 Å². The maximum Gasteiger partial charge on any atom is 0.270 e. The average molecular weight is 366 g/mol. The number of nitrogens with zero attached hydrogens (tertiary/aromatic N) is 3. The fourth-order valence-corrected chi connectivity index (χ4v) is 2.98. The fourth-order valence-electron chi connectivity index (χ4n) is 2.21. The van der Waals surface area contributed by atoms with Crippen molar-refractivity contribution < 1.29 is 9.72 Å². The number of nitro groups is 1. The Balaban J connectivity index is 1.60. The van der Waals surface area contributed by atoms with Gasteiger partial charge in [0.25, 0.3) is 5.69 Å². The molecule has 3 aromatic rings. The summed E-state index contributed by atoms with van der Waals surface area (Å²) >= 11 is 1.31. The molecule has 3 rings (SSSR count). The molecule has 0 aliphatic heterocycles. The summed E-state index contributed by atoms with van der Waals surface area (Å²) in [6.07, 6.45) is 3.46. The van der Waals surface area contributed by atoms with Crippen LogP contribution in [0.1, 0.15) is 16.1 Å². The summed E-state index contributed by atoms with van der Waals surface area (Å²) in [4.78, 5) is 22.3. The number of hydrogen-bond acceptors (Lipinski definition) is 6. The van der Waals surface area contributed by atoms with Crippen molar-refractivity contribution in [2.75, 3.05) is 5.32 Å². The Kier molecular flexibility index (Phi) is 5.45. The van der Waals surface area contributed by atoms with Gasteiger partial charge in [0, 0.05) is 24.6 Å². The minimum atomic E-state index is -0.479. The summed E-state index contributed by atoms with van der Waals surface area (Å²) in [7, 11) is 0. The molecule has 1 heterocycles. The fraction of sp³-hybridized carbons (Fsp3) is 0.0556. The van der Waals surface area contributed by atoms with E-state index in [2.05, 4.69) is 15.5 Å². The number of aromatic nitrogens is 2. The number of amides is 1. The quantitative estimate of drug-likeness (QED) is 0.407. The van der Waals surface area contributed by atoms with Crippen LogP contribution in [0.4, 0.5) is 10.8 Å². The Bertz CT molecular complexity index is 954. The maximum absolute atomic E-state index is 12.0. The van der Waals surface area contributed by atoms with Crippen LogP contribution >= 0.6 is 11.3 Å². The second-order valence-corrected chi connectivity index (χ2v) is 6.40. The van der Waals surface area contributed by atoms with Gasteiger partial charge in [0.05, 0.1) is 4.92 Å². The highest BCUT2D eigenvalue weighted by Crippen LogP contribution is 2.19. The molecule has 1 aromatic heterocycles. The minimum Gasteiger partial charge on any atom is -0.297 e. The number of anilines is 1. The van der Waals surface area contributed by atoms with Crippen LogP contribution < -0.4 is 5.32 Å². The number of hydrogen-bond donors (Lipinski definition) is 1. The zero-order valence-electron chi connectivity index (χ0n) is 13.5. The third kappa shape index (κ3) is 4.81. The number of nitrogens with one attached hydrogen (secondary N) is 1. The highest BCUT2D eigenvalue weighted by molar-refractivity contribution is 7.15. The largest absolute Gasteiger partial charge is 0.297 e. The van der Waals surface area contributed by atoms with Crippen LogP contribution in [0.15, 0.2) is 60.7 Å². The molecular weight excluding hydrogens is 352 g/mol. The third-order valence-electron chi connectivity index (χ3n) is 3.40. The van der Waals surface area contributed by atoms with Crippen LogP contribution in [0.2, 0.25) is 0 Å². The van der Waals surface area contributed by atoms with E-state index in [1.54, 1.807) is 12.1 Å². The molecule has 0 fully saturated rings. The van der Waals surface area contributed by atoms with Crippen molar-refractivity contribution in [1.29, 1.82) is 0 Å². The van der Waals surface area contributed by atoms with Crippen molar-refractivity contribution in [3.05, 3.63) is 86.9 Å². The monoisotopic (exact) mass is 366 g/mol. The van der Waals surface area contributed by atoms with Gasteiger partial charge >= 0.3 is 0 Å². The molecule has 0 aliphatic rings. The van der Waals surface area contributed by atoms with E-state index in [0.717, 1.165) is 10.6 Å². The highest BCUT2D eigenvalue weighted by Gasteiger charge is 2.08. The molecule has 0 unspecified atom stereocenters. The first-order valence-corrected chi connectivity index (χ1v) is 8.51. The average Bonchev–Trinajstić information content (AvgIpc) is 3.08. The molecule has 0 spiro atoms. The summed E-state index contributed by atoms with van der Waals surface area (Å²) in [5.41, 5.74) is 1.66. The molecule has 2 aromatic carbocycles. The molecule has 130 valence electrons. The van der Waals surface area contributed by atoms with Gasteiger partial charge in [-0.15, -0.1) is 10.2 Å². The van der Waals surface area contributed by atoms with Crippen LogP contribution in [0.5, 0.6) is 0 Å². The lowest BCUT2D eigenvalue weighted by atomic mass is 10.2. The van der Waals surface area contributed by atoms with Crippen molar-refractivity contribution in [1.82, 2.24) is 10.2 Å². The molecule has 1 amide bonds. The molecule has 1 N–H and O–H groups in total. The van der Waals surface area contributed by atoms with E-state index in [4.69, 9.17) is 0 Å². The lowest BCUT2D eigenvalue weighted by Gasteiger charge is -1.96. The van der Waals surface area contributed by atoms with E-state index in [0.29, 0.717) is 17.1 Å². The SMILES string of the molecule is O=C(/C=C/c1cccc([N+](=O)[O-])c1)Nc1nnc(Cc2ccccc2)s1. The van der Waals surface area contributed by atoms with E-state index in [-0.39, 0.29) is 11.6 Å². The zero-order chi connectivity index (χ0) is 18.4. The topological polar surface area (TPSA) is 98.0 Å². The van der Waals surface area contributed by atoms with Gasteiger partial charge in [0.15, 0.2) is 0 Å². The van der Waals surface area contributed by atoms with Crippen molar-refractivity contribution in [3.63, 3.8) is 0 Å². The van der Waals surface area contributed by atoms with E-state index in [9.17, 15) is 14.9 Å². The number of carbonyl (C=O) groups is 1. The van der Waals surface area contributed by atoms with Crippen molar-refractivity contribution in [3.8, 4) is 0 Å². The van der Waals surface area contributed by atoms with Gasteiger partial charge in [0.1, 0.15) is 5.01 Å². The smallest absolute Gasteiger partial charge is 0.270 e. The van der Waals surface area contributed by atoms with Gasteiger partial charge in [-0.25, -0.2) is 0 Å². The lowest BCUT2D eigenvalue weighted by Crippen LogP contribution is -2.07. The molecule has 0 saturated heterocycles. The van der Waals surface area contributed by atoms with E-state index >= 15 is 0 Å². The number of benzene rings is 2. The Morgan fingerprint density at radius 2 is 1.96 bits per heavy atom. The van der Waals surface area contributed by atoms with Gasteiger partial charge in [-0.2, -0.15) is 0 Å². The van der Waals surface area contributed by atoms with Crippen LogP contribution in [0.25, 0.3) is 6.08 Å². The van der Waals surface area contributed by atoms with Gasteiger partial charge in [-0.3, -0.25) is 20.2 Å². The predicted octanol–water partition coefficient (Wildman–Crippen LogP) is 3.69. The van der Waals surface area contributed by atoms with E-state index in [1.807, 2.05) is 30.3 Å². The second-order valence-electron chi connectivity index (χ2n) is 5.34. The summed E-state index contributed by atoms with van der Waals surface area (Å²) in [5, 5.41) is 22.6. The molecule has 0 bridgehead atoms. The van der Waals surface area contributed by atoms with Crippen LogP contribution in [-0.2, 0) is 11.2 Å². The Labute approximate surface area is 153 Å². The van der Waals surface area contributed by atoms with Crippen molar-refractivity contribution >= 4 is 34.1 Å². The lowest BCUT2D eigenvalue weighted by molar-refractivity contribution is -0.384. The maximum atomic E-state index is 12.0. The summed E-state index contributed by atoms with van der Waals surface area (Å²) in [5.74, 6) is -0.376. The normalized spacial score (nSPS) is 10.8. The second kappa shape index (κ2) is 8.13. The zero-order valence-corrected chi connectivity index (χ0v) is 14.3. The van der Waals surface area contributed by atoms with E-state index < -0.39 is 4.92 Å². The first-order valence-electron chi connectivity index (χ1n) is 7.70. The molecule has 7 nitrogen and oxygen atoms in total. The summed E-state index contributed by atoms with van der Waals surface area (Å²) in [6, 6.07) is 15.9. The predicted molar refractivity (Wildman–Crippen MR) is 99.9 cm³/mol. The highest BCUT2D eigenvalue weighted by atomic mass is 32.1.